The molecular weight excluding hydrogens is 519 g/mol. The van der Waals surface area contributed by atoms with E-state index in [0.717, 1.165) is 35.0 Å². The van der Waals surface area contributed by atoms with Crippen LogP contribution in [-0.4, -0.2) is 17.9 Å². The number of ether oxygens (including phenoxy) is 1. The van der Waals surface area contributed by atoms with Crippen molar-refractivity contribution >= 4 is 23.2 Å². The molecule has 5 rings (SSSR count). The van der Waals surface area contributed by atoms with E-state index in [4.69, 9.17) is 4.74 Å². The Morgan fingerprint density at radius 3 is 1.73 bits per heavy atom. The van der Waals surface area contributed by atoms with Crippen LogP contribution in [0.15, 0.2) is 153 Å². The monoisotopic (exact) mass is 556 g/mol. The zero-order valence-electron chi connectivity index (χ0n) is 23.4. The number of benzene rings is 5. The fourth-order valence-corrected chi connectivity index (χ4v) is 10.3. The molecule has 0 saturated carbocycles. The van der Waals surface area contributed by atoms with Gasteiger partial charge in [0.1, 0.15) is 0 Å². The summed E-state index contributed by atoms with van der Waals surface area (Å²) < 4.78 is 6.70. The molecule has 3 heteroatoms. The van der Waals surface area contributed by atoms with Crippen LogP contribution in [-0.2, 0) is 12.8 Å². The number of phenols is 1. The third-order valence-corrected chi connectivity index (χ3v) is 12.6. The molecule has 0 aliphatic rings. The molecule has 0 unspecified atom stereocenters. The summed E-state index contributed by atoms with van der Waals surface area (Å²) in [6.45, 7) is 8.34. The van der Waals surface area contributed by atoms with Gasteiger partial charge in [-0.1, -0.05) is 0 Å². The Kier molecular flexibility index (Phi) is 9.14. The minimum absolute atomic E-state index is 0.280. The van der Waals surface area contributed by atoms with E-state index in [1.54, 1.807) is 6.07 Å². The number of aromatic hydroxyl groups is 1. The Bertz CT molecular complexity index is 1500. The zero-order valence-corrected chi connectivity index (χ0v) is 24.4. The molecule has 0 heterocycles. The van der Waals surface area contributed by atoms with Crippen LogP contribution >= 0.6 is 7.26 Å². The van der Waals surface area contributed by atoms with Crippen LogP contribution < -0.4 is 20.7 Å². The summed E-state index contributed by atoms with van der Waals surface area (Å²) in [6, 6.07) is 44.9. The van der Waals surface area contributed by atoms with Crippen LogP contribution in [0, 0.1) is 0 Å². The van der Waals surface area contributed by atoms with Crippen molar-refractivity contribution in [3.8, 4) is 22.6 Å². The predicted molar refractivity (Wildman–Crippen MR) is 178 cm³/mol. The standard InChI is InChI=1S/C38H37O2P/c1-3-14-30-22-25-38(36(28-30)31-23-24-37(39)32(29-31)15-4-2)40-26-27-41(33-16-8-5-9-17-33,34-18-10-6-11-19-34)35-20-12-7-13-21-35/h3-13,16-25,28-29,39,41H,1-2,14-15,26-27H2. The molecule has 206 valence electrons. The van der Waals surface area contributed by atoms with Gasteiger partial charge in [-0.05, 0) is 0 Å². The number of hydrogen-bond acceptors (Lipinski definition) is 2. The zero-order chi connectivity index (χ0) is 28.5. The van der Waals surface area contributed by atoms with Crippen LogP contribution in [0.2, 0.25) is 0 Å². The van der Waals surface area contributed by atoms with E-state index in [2.05, 4.69) is 122 Å². The number of rotatable bonds is 12. The minimum atomic E-state index is -2.41. The van der Waals surface area contributed by atoms with E-state index in [9.17, 15) is 5.11 Å². The molecule has 41 heavy (non-hydrogen) atoms. The third-order valence-electron chi connectivity index (χ3n) is 7.71. The molecule has 0 aromatic heterocycles. The first-order valence-electron chi connectivity index (χ1n) is 14.1. The van der Waals surface area contributed by atoms with Gasteiger partial charge in [0.15, 0.2) is 0 Å². The summed E-state index contributed by atoms with van der Waals surface area (Å²) in [5.74, 6) is 1.12. The molecule has 0 radical (unpaired) electrons. The van der Waals surface area contributed by atoms with Crippen LogP contribution in [0.1, 0.15) is 11.1 Å². The van der Waals surface area contributed by atoms with Gasteiger partial charge in [-0.2, -0.15) is 0 Å². The van der Waals surface area contributed by atoms with Crippen LogP contribution in [0.25, 0.3) is 11.1 Å². The van der Waals surface area contributed by atoms with Gasteiger partial charge in [0.05, 0.1) is 0 Å². The SMILES string of the molecule is C=CCc1ccc(OCC[PH](c2ccccc2)(c2ccccc2)c2ccccc2)c(-c2ccc(O)c(CC=C)c2)c1. The van der Waals surface area contributed by atoms with Crippen molar-refractivity contribution in [3.63, 3.8) is 0 Å². The van der Waals surface area contributed by atoms with Crippen molar-refractivity contribution in [2.45, 2.75) is 12.8 Å². The first-order chi connectivity index (χ1) is 20.2. The molecule has 0 amide bonds. The molecule has 5 aromatic rings. The van der Waals surface area contributed by atoms with Crippen molar-refractivity contribution in [1.82, 2.24) is 0 Å². The fraction of sp³-hybridized carbons (Fsp3) is 0.105. The van der Waals surface area contributed by atoms with Gasteiger partial charge in [-0.3, -0.25) is 0 Å². The first kappa shape index (κ1) is 28.1. The molecular formula is C38H37O2P. The van der Waals surface area contributed by atoms with E-state index >= 15 is 0 Å². The molecule has 2 nitrogen and oxygen atoms in total. The molecule has 0 atom stereocenters. The van der Waals surface area contributed by atoms with Gasteiger partial charge in [0, 0.05) is 0 Å². The average Bonchev–Trinajstić information content (AvgIpc) is 3.03. The maximum atomic E-state index is 10.4. The molecule has 1 N–H and O–H groups in total. The van der Waals surface area contributed by atoms with Gasteiger partial charge < -0.3 is 0 Å². The Morgan fingerprint density at radius 1 is 0.634 bits per heavy atom. The Morgan fingerprint density at radius 2 is 1.20 bits per heavy atom. The number of allylic oxidation sites excluding steroid dienone is 2. The maximum absolute atomic E-state index is 10.4. The van der Waals surface area contributed by atoms with Crippen LogP contribution in [0.3, 0.4) is 0 Å². The van der Waals surface area contributed by atoms with E-state index in [-0.39, 0.29) is 5.75 Å². The summed E-state index contributed by atoms with van der Waals surface area (Å²) in [7, 11) is -2.41. The van der Waals surface area contributed by atoms with Crippen molar-refractivity contribution < 1.29 is 9.84 Å². The fourth-order valence-electron chi connectivity index (χ4n) is 5.71. The second-order valence-corrected chi connectivity index (χ2v) is 14.3. The van der Waals surface area contributed by atoms with Crippen molar-refractivity contribution in [3.05, 3.63) is 164 Å². The summed E-state index contributed by atoms with van der Waals surface area (Å²) in [6.07, 6.45) is 5.99. The molecule has 5 aromatic carbocycles. The van der Waals surface area contributed by atoms with E-state index in [1.165, 1.54) is 21.5 Å². The number of hydrogen-bond donors (Lipinski definition) is 1. The average molecular weight is 557 g/mol. The van der Waals surface area contributed by atoms with Gasteiger partial charge in [0.2, 0.25) is 0 Å². The van der Waals surface area contributed by atoms with Crippen LogP contribution in [0.5, 0.6) is 11.5 Å². The van der Waals surface area contributed by atoms with E-state index < -0.39 is 7.26 Å². The molecule has 0 saturated heterocycles. The van der Waals surface area contributed by atoms with E-state index in [1.807, 2.05) is 24.3 Å². The van der Waals surface area contributed by atoms with Gasteiger partial charge in [0.25, 0.3) is 0 Å². The van der Waals surface area contributed by atoms with Gasteiger partial charge in [-0.25, -0.2) is 0 Å². The topological polar surface area (TPSA) is 29.5 Å². The normalized spacial score (nSPS) is 11.5. The summed E-state index contributed by atoms with van der Waals surface area (Å²) in [5, 5.41) is 14.5. The van der Waals surface area contributed by atoms with Crippen molar-refractivity contribution in [2.24, 2.45) is 0 Å². The Hall–Kier alpha value is -4.39. The summed E-state index contributed by atoms with van der Waals surface area (Å²) in [4.78, 5) is 0. The molecule has 0 bridgehead atoms. The van der Waals surface area contributed by atoms with Gasteiger partial charge >= 0.3 is 245 Å². The van der Waals surface area contributed by atoms with Crippen molar-refractivity contribution in [2.75, 3.05) is 12.8 Å². The third kappa shape index (κ3) is 6.19. The summed E-state index contributed by atoms with van der Waals surface area (Å²) >= 11 is 0. The Labute approximate surface area is 244 Å². The molecule has 0 spiro atoms. The van der Waals surface area contributed by atoms with E-state index in [0.29, 0.717) is 13.0 Å². The second kappa shape index (κ2) is 13.3. The van der Waals surface area contributed by atoms with Crippen molar-refractivity contribution in [1.29, 1.82) is 0 Å². The molecule has 0 aliphatic carbocycles. The second-order valence-electron chi connectivity index (χ2n) is 10.3. The first-order valence-corrected chi connectivity index (χ1v) is 16.3. The Balaban J connectivity index is 1.55. The quantitative estimate of drug-likeness (QED) is 0.127. The van der Waals surface area contributed by atoms with Gasteiger partial charge in [-0.15, -0.1) is 0 Å². The molecule has 0 fully saturated rings. The predicted octanol–water partition coefficient (Wildman–Crippen LogP) is 7.62. The number of phenolic OH excluding ortho intramolecular Hbond substituents is 1. The van der Waals surface area contributed by atoms with Crippen LogP contribution in [0.4, 0.5) is 0 Å². The summed E-state index contributed by atoms with van der Waals surface area (Å²) in [5.41, 5.74) is 4.04. The molecule has 0 aliphatic heterocycles.